The predicted molar refractivity (Wildman–Crippen MR) is 134 cm³/mol. The molecule has 2 aromatic rings. The van der Waals surface area contributed by atoms with E-state index in [0.717, 1.165) is 23.5 Å². The predicted octanol–water partition coefficient (Wildman–Crippen LogP) is 3.57. The van der Waals surface area contributed by atoms with Gasteiger partial charge in [0.2, 0.25) is 0 Å². The second-order valence-corrected chi connectivity index (χ2v) is 9.00. The highest BCUT2D eigenvalue weighted by molar-refractivity contribution is 7.11. The van der Waals surface area contributed by atoms with Crippen LogP contribution in [0.15, 0.2) is 29.6 Å². The number of amides is 4. The minimum Gasteiger partial charge on any atom is -0.456 e. The molecule has 3 rings (SSSR count). The van der Waals surface area contributed by atoms with E-state index in [4.69, 9.17) is 26.8 Å². The third-order valence-electron chi connectivity index (χ3n) is 5.38. The van der Waals surface area contributed by atoms with Crippen LogP contribution in [0.2, 0.25) is 5.02 Å². The molecule has 0 aliphatic carbocycles. The van der Waals surface area contributed by atoms with Gasteiger partial charge in [0.15, 0.2) is 12.4 Å². The van der Waals surface area contributed by atoms with Gasteiger partial charge in [-0.05, 0) is 37.4 Å². The average Bonchev–Trinajstić information content (AvgIpc) is 3.47. The highest BCUT2D eigenvalue weighted by Gasteiger charge is 2.40. The SMILES string of the molecule is CCN(CC)C(=O)COC(=O)CCC(=O)O/C(=C1/C(=O)N(C(N)=O)c2cc(Cl)c(F)cc21)c1cccs1. The molecule has 0 saturated heterocycles. The Morgan fingerprint density at radius 1 is 1.14 bits per heavy atom. The average molecular weight is 552 g/mol. The standard InChI is InChI=1S/C24H23ClFN3O7S/c1-3-28(4-2)18(30)12-35-19(31)7-8-20(32)36-22(17-6-5-9-37-17)21-13-10-15(26)14(25)11-16(13)29(23(21)33)24(27)34/h5-6,9-11H,3-4,7-8,12H2,1-2H3,(H2,27,34)/b22-21+. The van der Waals surface area contributed by atoms with E-state index in [-0.39, 0.29) is 39.9 Å². The van der Waals surface area contributed by atoms with E-state index < -0.39 is 42.7 Å². The lowest BCUT2D eigenvalue weighted by Gasteiger charge is -2.18. The van der Waals surface area contributed by atoms with Gasteiger partial charge >= 0.3 is 18.0 Å². The number of imide groups is 1. The van der Waals surface area contributed by atoms with Gasteiger partial charge in [-0.25, -0.2) is 14.1 Å². The molecular formula is C24H23ClFN3O7S. The molecule has 4 amide bonds. The highest BCUT2D eigenvalue weighted by atomic mass is 35.5. The molecule has 0 atom stereocenters. The number of nitrogens with zero attached hydrogens (tertiary/aromatic N) is 2. The summed E-state index contributed by atoms with van der Waals surface area (Å²) in [5.41, 5.74) is 4.98. The Morgan fingerprint density at radius 3 is 2.41 bits per heavy atom. The van der Waals surface area contributed by atoms with Crippen LogP contribution >= 0.6 is 22.9 Å². The van der Waals surface area contributed by atoms with Crippen molar-refractivity contribution < 1.29 is 37.8 Å². The van der Waals surface area contributed by atoms with Crippen LogP contribution in [-0.4, -0.2) is 54.4 Å². The van der Waals surface area contributed by atoms with Crippen molar-refractivity contribution in [3.63, 3.8) is 0 Å². The van der Waals surface area contributed by atoms with Crippen molar-refractivity contribution in [2.45, 2.75) is 26.7 Å². The zero-order valence-corrected chi connectivity index (χ0v) is 21.5. The molecule has 10 nitrogen and oxygen atoms in total. The van der Waals surface area contributed by atoms with Crippen molar-refractivity contribution in [1.82, 2.24) is 4.90 Å². The maximum atomic E-state index is 14.3. The van der Waals surface area contributed by atoms with Crippen LogP contribution in [-0.2, 0) is 28.7 Å². The third-order valence-corrected chi connectivity index (χ3v) is 6.54. The summed E-state index contributed by atoms with van der Waals surface area (Å²) >= 11 is 6.96. The van der Waals surface area contributed by atoms with Crippen molar-refractivity contribution in [2.24, 2.45) is 5.73 Å². The summed E-state index contributed by atoms with van der Waals surface area (Å²) in [6.07, 6.45) is -0.824. The summed E-state index contributed by atoms with van der Waals surface area (Å²) in [6, 6.07) is 4.07. The maximum absolute atomic E-state index is 14.3. The second kappa shape index (κ2) is 12.0. The van der Waals surface area contributed by atoms with Crippen LogP contribution < -0.4 is 10.6 Å². The molecule has 37 heavy (non-hydrogen) atoms. The van der Waals surface area contributed by atoms with Crippen molar-refractivity contribution in [1.29, 1.82) is 0 Å². The molecule has 0 bridgehead atoms. The Bertz CT molecular complexity index is 1280. The number of fused-ring (bicyclic) bond motifs is 1. The number of rotatable bonds is 9. The van der Waals surface area contributed by atoms with Crippen LogP contribution in [0.4, 0.5) is 14.9 Å². The Morgan fingerprint density at radius 2 is 1.81 bits per heavy atom. The third kappa shape index (κ3) is 6.15. The fourth-order valence-electron chi connectivity index (χ4n) is 3.58. The number of likely N-dealkylation sites (N-methyl/N-ethyl adjacent to an activating group) is 1. The number of hydrogen-bond acceptors (Lipinski definition) is 8. The first-order chi connectivity index (χ1) is 17.6. The lowest BCUT2D eigenvalue weighted by atomic mass is 10.0. The van der Waals surface area contributed by atoms with E-state index in [2.05, 4.69) is 0 Å². The van der Waals surface area contributed by atoms with Gasteiger partial charge in [0.05, 0.1) is 34.0 Å². The molecule has 2 heterocycles. The quantitative estimate of drug-likeness (QED) is 0.286. The molecular weight excluding hydrogens is 529 g/mol. The summed E-state index contributed by atoms with van der Waals surface area (Å²) in [5.74, 6) is -4.09. The molecule has 13 heteroatoms. The first kappa shape index (κ1) is 27.8. The number of ether oxygens (including phenoxy) is 2. The lowest BCUT2D eigenvalue weighted by molar-refractivity contribution is -0.153. The van der Waals surface area contributed by atoms with E-state index in [1.54, 1.807) is 31.4 Å². The van der Waals surface area contributed by atoms with Gasteiger partial charge < -0.3 is 20.1 Å². The van der Waals surface area contributed by atoms with Gasteiger partial charge in [0.1, 0.15) is 5.82 Å². The molecule has 0 saturated carbocycles. The zero-order valence-electron chi connectivity index (χ0n) is 19.9. The molecule has 196 valence electrons. The van der Waals surface area contributed by atoms with Gasteiger partial charge in [-0.1, -0.05) is 17.7 Å². The van der Waals surface area contributed by atoms with Crippen LogP contribution in [0.3, 0.4) is 0 Å². The van der Waals surface area contributed by atoms with E-state index in [1.807, 2.05) is 0 Å². The van der Waals surface area contributed by atoms with E-state index in [0.29, 0.717) is 22.9 Å². The monoisotopic (exact) mass is 551 g/mol. The van der Waals surface area contributed by atoms with Crippen LogP contribution in [0.5, 0.6) is 0 Å². The van der Waals surface area contributed by atoms with E-state index in [1.165, 1.54) is 4.90 Å². The molecule has 1 aliphatic heterocycles. The molecule has 2 N–H and O–H groups in total. The molecule has 0 unspecified atom stereocenters. The van der Waals surface area contributed by atoms with Gasteiger partial charge in [-0.2, -0.15) is 0 Å². The second-order valence-electron chi connectivity index (χ2n) is 7.64. The number of anilines is 1. The van der Waals surface area contributed by atoms with E-state index in [9.17, 15) is 28.4 Å². The number of halogens is 2. The smallest absolute Gasteiger partial charge is 0.326 e. The normalized spacial score (nSPS) is 13.7. The largest absolute Gasteiger partial charge is 0.456 e. The van der Waals surface area contributed by atoms with Crippen LogP contribution in [0.1, 0.15) is 37.1 Å². The van der Waals surface area contributed by atoms with Crippen molar-refractivity contribution >= 4 is 69.7 Å². The minimum atomic E-state index is -1.14. The Balaban J connectivity index is 1.83. The summed E-state index contributed by atoms with van der Waals surface area (Å²) in [4.78, 5) is 64.3. The molecule has 0 spiro atoms. The van der Waals surface area contributed by atoms with Crippen molar-refractivity contribution in [2.75, 3.05) is 24.6 Å². The fraction of sp³-hybridized carbons (Fsp3) is 0.292. The number of thiophene rings is 1. The molecule has 1 aromatic heterocycles. The topological polar surface area (TPSA) is 136 Å². The minimum absolute atomic E-state index is 0.0452. The number of nitrogens with two attached hydrogens (primary N) is 1. The maximum Gasteiger partial charge on any atom is 0.326 e. The van der Waals surface area contributed by atoms with Crippen molar-refractivity contribution in [3.05, 3.63) is 50.9 Å². The Hall–Kier alpha value is -3.77. The summed E-state index contributed by atoms with van der Waals surface area (Å²) in [7, 11) is 0. The number of urea groups is 1. The number of carbonyl (C=O) groups excluding carboxylic acids is 5. The molecule has 0 radical (unpaired) electrons. The van der Waals surface area contributed by atoms with Gasteiger partial charge in [0, 0.05) is 18.7 Å². The Labute approximate surface area is 220 Å². The zero-order chi connectivity index (χ0) is 27.3. The van der Waals surface area contributed by atoms with Crippen molar-refractivity contribution in [3.8, 4) is 0 Å². The number of benzene rings is 1. The number of carbonyl (C=O) groups is 5. The summed E-state index contributed by atoms with van der Waals surface area (Å²) < 4.78 is 24.7. The fourth-order valence-corrected chi connectivity index (χ4v) is 4.45. The molecule has 1 aromatic carbocycles. The molecule has 1 aliphatic rings. The lowest BCUT2D eigenvalue weighted by Crippen LogP contribution is -2.38. The van der Waals surface area contributed by atoms with Crippen LogP contribution in [0, 0.1) is 5.82 Å². The van der Waals surface area contributed by atoms with Crippen LogP contribution in [0.25, 0.3) is 11.3 Å². The highest BCUT2D eigenvalue weighted by Crippen LogP contribution is 2.44. The number of primary amides is 1. The first-order valence-corrected chi connectivity index (χ1v) is 12.4. The van der Waals surface area contributed by atoms with Gasteiger partial charge in [0.25, 0.3) is 11.8 Å². The van der Waals surface area contributed by atoms with E-state index >= 15 is 0 Å². The summed E-state index contributed by atoms with van der Waals surface area (Å²) in [6.45, 7) is 4.05. The number of hydrogen-bond donors (Lipinski definition) is 1. The van der Waals surface area contributed by atoms with Gasteiger partial charge in [-0.3, -0.25) is 19.2 Å². The van der Waals surface area contributed by atoms with Gasteiger partial charge in [-0.15, -0.1) is 11.3 Å². The first-order valence-electron chi connectivity index (χ1n) is 11.1. The summed E-state index contributed by atoms with van der Waals surface area (Å²) in [5, 5.41) is 1.31. The Kier molecular flexibility index (Phi) is 9.00. The number of esters is 2. The molecule has 0 fully saturated rings.